The summed E-state index contributed by atoms with van der Waals surface area (Å²) in [5.74, 6) is 0.592. The summed E-state index contributed by atoms with van der Waals surface area (Å²) in [7, 11) is -1.89. The molecule has 1 heterocycles. The SMILES string of the molecule is CN=C(NCCNS(=O)(=O)c1cccnc1)NC(C)c1ccccc1Br. The van der Waals surface area contributed by atoms with Crippen LogP contribution in [0.5, 0.6) is 0 Å². The van der Waals surface area contributed by atoms with Gasteiger partial charge in [0, 0.05) is 37.0 Å². The van der Waals surface area contributed by atoms with E-state index in [9.17, 15) is 8.42 Å². The third kappa shape index (κ3) is 5.79. The van der Waals surface area contributed by atoms with Crippen LogP contribution in [0.15, 0.2) is 63.2 Å². The molecule has 1 atom stereocenters. The Morgan fingerprint density at radius 1 is 1.23 bits per heavy atom. The summed E-state index contributed by atoms with van der Waals surface area (Å²) in [5, 5.41) is 6.37. The Hall–Kier alpha value is -1.97. The zero-order chi connectivity index (χ0) is 19.0. The molecule has 2 aromatic rings. The molecule has 2 rings (SSSR count). The average molecular weight is 440 g/mol. The molecule has 26 heavy (non-hydrogen) atoms. The number of pyridine rings is 1. The minimum atomic E-state index is -3.56. The van der Waals surface area contributed by atoms with Crippen molar-refractivity contribution in [2.75, 3.05) is 20.1 Å². The second kappa shape index (κ2) is 9.65. The molecule has 0 amide bonds. The molecule has 0 aliphatic carbocycles. The number of rotatable bonds is 7. The molecule has 9 heteroatoms. The van der Waals surface area contributed by atoms with Gasteiger partial charge in [0.1, 0.15) is 4.90 Å². The summed E-state index contributed by atoms with van der Waals surface area (Å²) in [6.07, 6.45) is 2.85. The number of nitrogens with zero attached hydrogens (tertiary/aromatic N) is 2. The molecule has 0 saturated heterocycles. The quantitative estimate of drug-likeness (QED) is 0.348. The second-order valence-corrected chi connectivity index (χ2v) is 8.09. The zero-order valence-corrected chi connectivity index (χ0v) is 17.0. The van der Waals surface area contributed by atoms with Gasteiger partial charge in [0.05, 0.1) is 6.04 Å². The molecule has 0 radical (unpaired) electrons. The smallest absolute Gasteiger partial charge is 0.242 e. The summed E-state index contributed by atoms with van der Waals surface area (Å²) in [6.45, 7) is 2.64. The summed E-state index contributed by atoms with van der Waals surface area (Å²) < 4.78 is 27.8. The highest BCUT2D eigenvalue weighted by Gasteiger charge is 2.13. The van der Waals surface area contributed by atoms with Crippen LogP contribution in [0.3, 0.4) is 0 Å². The number of aliphatic imine (C=N–C) groups is 1. The highest BCUT2D eigenvalue weighted by Crippen LogP contribution is 2.22. The Kier molecular flexibility index (Phi) is 7.55. The van der Waals surface area contributed by atoms with Gasteiger partial charge in [-0.05, 0) is 30.7 Å². The van der Waals surface area contributed by atoms with Crippen LogP contribution in [-0.2, 0) is 10.0 Å². The lowest BCUT2D eigenvalue weighted by Gasteiger charge is -2.19. The maximum atomic E-state index is 12.1. The van der Waals surface area contributed by atoms with Crippen LogP contribution >= 0.6 is 15.9 Å². The molecule has 0 saturated carbocycles. The van der Waals surface area contributed by atoms with Gasteiger partial charge in [-0.2, -0.15) is 0 Å². The molecule has 3 N–H and O–H groups in total. The maximum absolute atomic E-state index is 12.1. The Morgan fingerprint density at radius 2 is 2.00 bits per heavy atom. The molecule has 0 spiro atoms. The van der Waals surface area contributed by atoms with Gasteiger partial charge >= 0.3 is 0 Å². The van der Waals surface area contributed by atoms with Gasteiger partial charge in [0.25, 0.3) is 0 Å². The Labute approximate surface area is 162 Å². The predicted octanol–water partition coefficient (Wildman–Crippen LogP) is 2.05. The van der Waals surface area contributed by atoms with E-state index in [1.54, 1.807) is 13.1 Å². The summed E-state index contributed by atoms with van der Waals surface area (Å²) >= 11 is 3.53. The highest BCUT2D eigenvalue weighted by molar-refractivity contribution is 9.10. The van der Waals surface area contributed by atoms with E-state index in [1.165, 1.54) is 18.5 Å². The van der Waals surface area contributed by atoms with Crippen LogP contribution < -0.4 is 15.4 Å². The largest absolute Gasteiger partial charge is 0.355 e. The van der Waals surface area contributed by atoms with Crippen LogP contribution in [0.25, 0.3) is 0 Å². The molecular formula is C17H22BrN5O2S. The van der Waals surface area contributed by atoms with Crippen LogP contribution in [-0.4, -0.2) is 39.5 Å². The van der Waals surface area contributed by atoms with Gasteiger partial charge in [-0.3, -0.25) is 9.98 Å². The third-order valence-corrected chi connectivity index (χ3v) is 5.77. The van der Waals surface area contributed by atoms with Gasteiger partial charge in [-0.25, -0.2) is 13.1 Å². The minimum absolute atomic E-state index is 0.0314. The highest BCUT2D eigenvalue weighted by atomic mass is 79.9. The van der Waals surface area contributed by atoms with Crippen molar-refractivity contribution in [1.29, 1.82) is 0 Å². The van der Waals surface area contributed by atoms with Crippen LogP contribution in [0.2, 0.25) is 0 Å². The van der Waals surface area contributed by atoms with Gasteiger partial charge in [-0.1, -0.05) is 34.1 Å². The zero-order valence-electron chi connectivity index (χ0n) is 14.6. The number of aromatic nitrogens is 1. The fourth-order valence-electron chi connectivity index (χ4n) is 2.26. The second-order valence-electron chi connectivity index (χ2n) is 5.47. The van der Waals surface area contributed by atoms with E-state index >= 15 is 0 Å². The van der Waals surface area contributed by atoms with Crippen molar-refractivity contribution >= 4 is 31.9 Å². The Bertz CT molecular complexity index is 843. The van der Waals surface area contributed by atoms with Gasteiger partial charge in [0.2, 0.25) is 10.0 Å². The van der Waals surface area contributed by atoms with Gasteiger partial charge in [-0.15, -0.1) is 0 Å². The summed E-state index contributed by atoms with van der Waals surface area (Å²) in [5.41, 5.74) is 1.10. The van der Waals surface area contributed by atoms with E-state index in [1.807, 2.05) is 31.2 Å². The van der Waals surface area contributed by atoms with Crippen LogP contribution in [0.1, 0.15) is 18.5 Å². The molecule has 1 aromatic carbocycles. The Balaban J connectivity index is 1.83. The third-order valence-electron chi connectivity index (χ3n) is 3.60. The lowest BCUT2D eigenvalue weighted by molar-refractivity contribution is 0.579. The topological polar surface area (TPSA) is 95.5 Å². The minimum Gasteiger partial charge on any atom is -0.355 e. The van der Waals surface area contributed by atoms with Crippen LogP contribution in [0, 0.1) is 0 Å². The standard InChI is InChI=1S/C17H22BrN5O2S/c1-13(15-7-3-4-8-16(15)18)23-17(19-2)21-10-11-22-26(24,25)14-6-5-9-20-12-14/h3-9,12-13,22H,10-11H2,1-2H3,(H2,19,21,23). The average Bonchev–Trinajstić information content (AvgIpc) is 2.65. The first-order valence-electron chi connectivity index (χ1n) is 8.05. The molecule has 1 aromatic heterocycles. The molecule has 140 valence electrons. The number of benzene rings is 1. The molecule has 0 aliphatic rings. The number of nitrogens with one attached hydrogen (secondary N) is 3. The fourth-order valence-corrected chi connectivity index (χ4v) is 3.88. The summed E-state index contributed by atoms with van der Waals surface area (Å²) in [4.78, 5) is 8.13. The molecule has 7 nitrogen and oxygen atoms in total. The van der Waals surface area contributed by atoms with E-state index in [0.29, 0.717) is 12.5 Å². The lowest BCUT2D eigenvalue weighted by Crippen LogP contribution is -2.42. The predicted molar refractivity (Wildman–Crippen MR) is 106 cm³/mol. The van der Waals surface area contributed by atoms with Gasteiger partial charge < -0.3 is 10.6 Å². The van der Waals surface area contributed by atoms with Crippen molar-refractivity contribution in [3.63, 3.8) is 0 Å². The van der Waals surface area contributed by atoms with E-state index in [2.05, 4.69) is 41.3 Å². The number of hydrogen-bond donors (Lipinski definition) is 3. The lowest BCUT2D eigenvalue weighted by atomic mass is 10.1. The first-order valence-corrected chi connectivity index (χ1v) is 10.3. The first-order chi connectivity index (χ1) is 12.4. The number of sulfonamides is 1. The molecule has 0 bridgehead atoms. The first kappa shape index (κ1) is 20.3. The van der Waals surface area contributed by atoms with Crippen molar-refractivity contribution in [1.82, 2.24) is 20.3 Å². The number of guanidine groups is 1. The Morgan fingerprint density at radius 3 is 2.65 bits per heavy atom. The van der Waals surface area contributed by atoms with Crippen LogP contribution in [0.4, 0.5) is 0 Å². The number of halogens is 1. The van der Waals surface area contributed by atoms with Crippen molar-refractivity contribution < 1.29 is 8.42 Å². The van der Waals surface area contributed by atoms with E-state index in [0.717, 1.165) is 10.0 Å². The monoisotopic (exact) mass is 439 g/mol. The van der Waals surface area contributed by atoms with Crippen molar-refractivity contribution in [2.24, 2.45) is 4.99 Å². The number of hydrogen-bond acceptors (Lipinski definition) is 4. The van der Waals surface area contributed by atoms with Crippen molar-refractivity contribution in [3.05, 3.63) is 58.8 Å². The normalized spacial score (nSPS) is 13.3. The molecular weight excluding hydrogens is 418 g/mol. The van der Waals surface area contributed by atoms with E-state index in [-0.39, 0.29) is 17.5 Å². The molecule has 0 fully saturated rings. The van der Waals surface area contributed by atoms with Crippen molar-refractivity contribution in [3.8, 4) is 0 Å². The van der Waals surface area contributed by atoms with E-state index < -0.39 is 10.0 Å². The fraction of sp³-hybridized carbons (Fsp3) is 0.294. The summed E-state index contributed by atoms with van der Waals surface area (Å²) in [6, 6.07) is 11.1. The van der Waals surface area contributed by atoms with Gasteiger partial charge in [0.15, 0.2) is 5.96 Å². The molecule has 0 aliphatic heterocycles. The van der Waals surface area contributed by atoms with E-state index in [4.69, 9.17) is 0 Å². The van der Waals surface area contributed by atoms with Crippen molar-refractivity contribution in [2.45, 2.75) is 17.9 Å². The molecule has 1 unspecified atom stereocenters. The maximum Gasteiger partial charge on any atom is 0.242 e.